The number of piperidine rings is 1. The molecule has 1 aliphatic heterocycles. The fourth-order valence-electron chi connectivity index (χ4n) is 3.94. The third-order valence-electron chi connectivity index (χ3n) is 4.98. The van der Waals surface area contributed by atoms with E-state index < -0.39 is 0 Å². The minimum absolute atomic E-state index is 0.572. The lowest BCUT2D eigenvalue weighted by Crippen LogP contribution is -2.52. The van der Waals surface area contributed by atoms with Crippen LogP contribution >= 0.6 is 0 Å². The first-order valence-electron chi connectivity index (χ1n) is 7.45. The molecule has 2 nitrogen and oxygen atoms in total. The highest BCUT2D eigenvalue weighted by molar-refractivity contribution is 4.91. The lowest BCUT2D eigenvalue weighted by molar-refractivity contribution is 0.0371. The maximum absolute atomic E-state index is 3.45. The van der Waals surface area contributed by atoms with Crippen molar-refractivity contribution in [2.24, 2.45) is 5.41 Å². The molecular formula is C15H30N2. The number of nitrogens with one attached hydrogen (secondary N) is 1. The Kier molecular flexibility index (Phi) is 4.14. The van der Waals surface area contributed by atoms with Gasteiger partial charge in [-0.2, -0.15) is 0 Å². The smallest absolute Gasteiger partial charge is 0.0103 e. The van der Waals surface area contributed by atoms with Gasteiger partial charge in [-0.05, 0) is 51.5 Å². The Morgan fingerprint density at radius 3 is 2.59 bits per heavy atom. The number of nitrogens with zero attached hydrogens (tertiary/aromatic N) is 1. The first kappa shape index (κ1) is 13.4. The Balaban J connectivity index is 1.94. The van der Waals surface area contributed by atoms with Crippen molar-refractivity contribution < 1.29 is 0 Å². The Morgan fingerprint density at radius 1 is 1.24 bits per heavy atom. The molecule has 1 N–H and O–H groups in total. The van der Waals surface area contributed by atoms with E-state index in [0.717, 1.165) is 18.1 Å². The summed E-state index contributed by atoms with van der Waals surface area (Å²) in [6.07, 6.45) is 8.34. The highest BCUT2D eigenvalue weighted by Crippen LogP contribution is 2.38. The van der Waals surface area contributed by atoms with Crippen LogP contribution in [0.25, 0.3) is 0 Å². The summed E-state index contributed by atoms with van der Waals surface area (Å²) < 4.78 is 0. The largest absolute Gasteiger partial charge is 0.317 e. The highest BCUT2D eigenvalue weighted by Gasteiger charge is 2.35. The van der Waals surface area contributed by atoms with Crippen LogP contribution in [0.4, 0.5) is 0 Å². The van der Waals surface area contributed by atoms with Gasteiger partial charge in [0.25, 0.3) is 0 Å². The van der Waals surface area contributed by atoms with Crippen LogP contribution in [0.1, 0.15) is 59.3 Å². The minimum Gasteiger partial charge on any atom is -0.317 e. The van der Waals surface area contributed by atoms with E-state index in [-0.39, 0.29) is 0 Å². The minimum atomic E-state index is 0.572. The van der Waals surface area contributed by atoms with E-state index in [1.807, 2.05) is 0 Å². The van der Waals surface area contributed by atoms with Crippen molar-refractivity contribution >= 4 is 0 Å². The predicted molar refractivity (Wildman–Crippen MR) is 74.3 cm³/mol. The average molecular weight is 238 g/mol. The van der Waals surface area contributed by atoms with Crippen molar-refractivity contribution in [1.82, 2.24) is 10.2 Å². The van der Waals surface area contributed by atoms with Gasteiger partial charge in [0.1, 0.15) is 0 Å². The molecule has 0 aromatic rings. The van der Waals surface area contributed by atoms with E-state index in [4.69, 9.17) is 0 Å². The number of likely N-dealkylation sites (tertiary alicyclic amines) is 1. The first-order chi connectivity index (χ1) is 8.02. The van der Waals surface area contributed by atoms with Gasteiger partial charge in [-0.3, -0.25) is 4.90 Å². The lowest BCUT2D eigenvalue weighted by Gasteiger charge is -2.47. The summed E-state index contributed by atoms with van der Waals surface area (Å²) in [5, 5.41) is 3.45. The zero-order chi connectivity index (χ0) is 12.5. The van der Waals surface area contributed by atoms with Gasteiger partial charge in [-0.15, -0.1) is 0 Å². The van der Waals surface area contributed by atoms with Crippen molar-refractivity contribution in [3.8, 4) is 0 Å². The van der Waals surface area contributed by atoms with Crippen LogP contribution in [0.2, 0.25) is 0 Å². The Hall–Kier alpha value is -0.0800. The molecule has 2 heteroatoms. The summed E-state index contributed by atoms with van der Waals surface area (Å²) in [7, 11) is 2.11. The van der Waals surface area contributed by atoms with Gasteiger partial charge in [0.15, 0.2) is 0 Å². The molecule has 1 saturated heterocycles. The number of hydrogen-bond donors (Lipinski definition) is 1. The molecule has 0 amide bonds. The molecule has 2 rings (SSSR count). The van der Waals surface area contributed by atoms with E-state index in [0.29, 0.717) is 5.41 Å². The molecule has 0 radical (unpaired) electrons. The van der Waals surface area contributed by atoms with E-state index in [2.05, 4.69) is 38.0 Å². The van der Waals surface area contributed by atoms with Crippen molar-refractivity contribution in [3.63, 3.8) is 0 Å². The molecule has 0 spiro atoms. The molecule has 0 bridgehead atoms. The van der Waals surface area contributed by atoms with E-state index >= 15 is 0 Å². The maximum Gasteiger partial charge on any atom is 0.0103 e. The third kappa shape index (κ3) is 3.23. The second-order valence-corrected chi connectivity index (χ2v) is 7.01. The van der Waals surface area contributed by atoms with Crippen LogP contribution in [-0.4, -0.2) is 36.6 Å². The lowest BCUT2D eigenvalue weighted by atomic mass is 9.74. The van der Waals surface area contributed by atoms with Gasteiger partial charge < -0.3 is 5.32 Å². The van der Waals surface area contributed by atoms with Gasteiger partial charge in [0.05, 0.1) is 0 Å². The molecule has 17 heavy (non-hydrogen) atoms. The van der Waals surface area contributed by atoms with Crippen molar-refractivity contribution in [2.75, 3.05) is 13.6 Å². The first-order valence-corrected chi connectivity index (χ1v) is 7.45. The van der Waals surface area contributed by atoms with Gasteiger partial charge in [0.2, 0.25) is 0 Å². The maximum atomic E-state index is 3.45. The van der Waals surface area contributed by atoms with Crippen LogP contribution in [0.15, 0.2) is 0 Å². The second kappa shape index (κ2) is 5.27. The SMILES string of the molecule is CNC1CCN(C2CCCC(C)(C)C2)C(C)C1. The standard InChI is InChI=1S/C15H30N2/c1-12-10-13(16-4)7-9-17(12)14-6-5-8-15(2,3)11-14/h12-14,16H,5-11H2,1-4H3. The average Bonchev–Trinajstić information content (AvgIpc) is 2.27. The van der Waals surface area contributed by atoms with Crippen LogP contribution in [0.3, 0.4) is 0 Å². The number of hydrogen-bond acceptors (Lipinski definition) is 2. The molecule has 0 aromatic carbocycles. The summed E-state index contributed by atoms with van der Waals surface area (Å²) in [4.78, 5) is 2.80. The molecule has 2 aliphatic rings. The van der Waals surface area contributed by atoms with Gasteiger partial charge in [-0.25, -0.2) is 0 Å². The third-order valence-corrected chi connectivity index (χ3v) is 4.98. The van der Waals surface area contributed by atoms with E-state index in [1.54, 1.807) is 0 Å². The zero-order valence-electron chi connectivity index (χ0n) is 12.1. The normalized spacial score (nSPS) is 39.2. The van der Waals surface area contributed by atoms with Crippen molar-refractivity contribution in [1.29, 1.82) is 0 Å². The number of rotatable bonds is 2. The van der Waals surface area contributed by atoms with Gasteiger partial charge in [0, 0.05) is 24.7 Å². The molecule has 1 heterocycles. The van der Waals surface area contributed by atoms with Crippen LogP contribution < -0.4 is 5.32 Å². The summed E-state index contributed by atoms with van der Waals surface area (Å²) in [5.74, 6) is 0. The van der Waals surface area contributed by atoms with Crippen LogP contribution in [0.5, 0.6) is 0 Å². The van der Waals surface area contributed by atoms with Gasteiger partial charge >= 0.3 is 0 Å². The summed E-state index contributed by atoms with van der Waals surface area (Å²) in [6, 6.07) is 2.37. The highest BCUT2D eigenvalue weighted by atomic mass is 15.2. The van der Waals surface area contributed by atoms with E-state index in [1.165, 1.54) is 45.1 Å². The monoisotopic (exact) mass is 238 g/mol. The topological polar surface area (TPSA) is 15.3 Å². The molecule has 0 aromatic heterocycles. The fourth-order valence-corrected chi connectivity index (χ4v) is 3.94. The summed E-state index contributed by atoms with van der Waals surface area (Å²) >= 11 is 0. The van der Waals surface area contributed by atoms with Crippen molar-refractivity contribution in [2.45, 2.75) is 77.4 Å². The molecule has 2 fully saturated rings. The molecule has 1 aliphatic carbocycles. The molecule has 3 atom stereocenters. The van der Waals surface area contributed by atoms with Crippen molar-refractivity contribution in [3.05, 3.63) is 0 Å². The van der Waals surface area contributed by atoms with Crippen LogP contribution in [0, 0.1) is 5.41 Å². The van der Waals surface area contributed by atoms with Gasteiger partial charge in [-0.1, -0.05) is 20.3 Å². The summed E-state index contributed by atoms with van der Waals surface area (Å²) in [5.41, 5.74) is 0.572. The fraction of sp³-hybridized carbons (Fsp3) is 1.00. The molecule has 3 unspecified atom stereocenters. The Labute approximate surface area is 107 Å². The Morgan fingerprint density at radius 2 is 2.00 bits per heavy atom. The quantitative estimate of drug-likeness (QED) is 0.795. The predicted octanol–water partition coefficient (Wildman–Crippen LogP) is 3.03. The molecular weight excluding hydrogens is 208 g/mol. The van der Waals surface area contributed by atoms with E-state index in [9.17, 15) is 0 Å². The molecule has 100 valence electrons. The zero-order valence-corrected chi connectivity index (χ0v) is 12.1. The summed E-state index contributed by atoms with van der Waals surface area (Å²) in [6.45, 7) is 8.62. The molecule has 1 saturated carbocycles. The van der Waals surface area contributed by atoms with Crippen LogP contribution in [-0.2, 0) is 0 Å². The Bertz CT molecular complexity index is 249. The second-order valence-electron chi connectivity index (χ2n) is 7.01.